The van der Waals surface area contributed by atoms with E-state index in [0.29, 0.717) is 0 Å². The maximum atomic E-state index is 3.80. The summed E-state index contributed by atoms with van der Waals surface area (Å²) >= 11 is 1.91. The molecule has 2 aliphatic rings. The topological polar surface area (TPSA) is 15.3 Å². The second-order valence-corrected chi connectivity index (χ2v) is 8.50. The molecule has 1 N–H and O–H groups in total. The number of hydrogen-bond acceptors (Lipinski definition) is 3. The highest BCUT2D eigenvalue weighted by atomic mass is 32.1. The van der Waals surface area contributed by atoms with Gasteiger partial charge in [-0.3, -0.25) is 4.90 Å². The van der Waals surface area contributed by atoms with E-state index in [1.54, 1.807) is 0 Å². The molecule has 1 aliphatic heterocycles. The quantitative estimate of drug-likeness (QED) is 0.908. The van der Waals surface area contributed by atoms with Gasteiger partial charge in [0.15, 0.2) is 0 Å². The minimum absolute atomic E-state index is 0.280. The molecule has 1 aromatic heterocycles. The van der Waals surface area contributed by atoms with Crippen LogP contribution in [-0.4, -0.2) is 37.1 Å². The summed E-state index contributed by atoms with van der Waals surface area (Å²) in [6.07, 6.45) is 7.24. The number of piperazine rings is 1. The zero-order chi connectivity index (χ0) is 14.7. The first-order valence-corrected chi connectivity index (χ1v) is 9.53. The van der Waals surface area contributed by atoms with Crippen LogP contribution in [-0.2, 0) is 5.41 Å². The van der Waals surface area contributed by atoms with Crippen molar-refractivity contribution in [1.82, 2.24) is 10.2 Å². The first-order chi connectivity index (χ1) is 10.1. The van der Waals surface area contributed by atoms with E-state index < -0.39 is 0 Å². The molecule has 1 saturated carbocycles. The van der Waals surface area contributed by atoms with E-state index in [2.05, 4.69) is 41.6 Å². The zero-order valence-corrected chi connectivity index (χ0v) is 14.4. The van der Waals surface area contributed by atoms with Crippen LogP contribution in [0.25, 0.3) is 0 Å². The van der Waals surface area contributed by atoms with Crippen molar-refractivity contribution in [3.8, 4) is 0 Å². The van der Waals surface area contributed by atoms with Crippen molar-refractivity contribution in [3.63, 3.8) is 0 Å². The SMILES string of the molecule is CC(C)(CN1CCNC(C2CCCCC2)C1)c1cccs1. The van der Waals surface area contributed by atoms with Crippen LogP contribution in [0.4, 0.5) is 0 Å². The first kappa shape index (κ1) is 15.5. The van der Waals surface area contributed by atoms with Gasteiger partial charge < -0.3 is 5.32 Å². The van der Waals surface area contributed by atoms with E-state index in [9.17, 15) is 0 Å². The summed E-state index contributed by atoms with van der Waals surface area (Å²) in [5.41, 5.74) is 0.280. The highest BCUT2D eigenvalue weighted by Gasteiger charge is 2.31. The van der Waals surface area contributed by atoms with Crippen LogP contribution in [0.3, 0.4) is 0 Å². The Hall–Kier alpha value is -0.380. The lowest BCUT2D eigenvalue weighted by Crippen LogP contribution is -2.56. The Morgan fingerprint density at radius 1 is 1.29 bits per heavy atom. The van der Waals surface area contributed by atoms with E-state index in [1.807, 2.05) is 11.3 Å². The zero-order valence-electron chi connectivity index (χ0n) is 13.6. The van der Waals surface area contributed by atoms with E-state index in [-0.39, 0.29) is 5.41 Å². The average Bonchev–Trinajstić information content (AvgIpc) is 3.03. The molecule has 1 aromatic rings. The highest BCUT2D eigenvalue weighted by Crippen LogP contribution is 2.31. The van der Waals surface area contributed by atoms with E-state index in [0.717, 1.165) is 12.0 Å². The Morgan fingerprint density at radius 2 is 2.10 bits per heavy atom. The van der Waals surface area contributed by atoms with Gasteiger partial charge in [0, 0.05) is 42.5 Å². The van der Waals surface area contributed by atoms with Crippen LogP contribution in [0.1, 0.15) is 50.8 Å². The van der Waals surface area contributed by atoms with Gasteiger partial charge in [-0.25, -0.2) is 0 Å². The van der Waals surface area contributed by atoms with Gasteiger partial charge in [-0.2, -0.15) is 0 Å². The Labute approximate surface area is 133 Å². The van der Waals surface area contributed by atoms with Crippen molar-refractivity contribution in [2.45, 2.75) is 57.4 Å². The van der Waals surface area contributed by atoms with Crippen LogP contribution in [0.2, 0.25) is 0 Å². The summed E-state index contributed by atoms with van der Waals surface area (Å²) in [7, 11) is 0. The van der Waals surface area contributed by atoms with Crippen LogP contribution < -0.4 is 5.32 Å². The number of rotatable bonds is 4. The predicted molar refractivity (Wildman–Crippen MR) is 92.2 cm³/mol. The molecule has 1 atom stereocenters. The summed E-state index contributed by atoms with van der Waals surface area (Å²) in [5, 5.41) is 6.01. The minimum atomic E-state index is 0.280. The molecule has 1 saturated heterocycles. The molecule has 0 aromatic carbocycles. The molecule has 0 spiro atoms. The molecule has 21 heavy (non-hydrogen) atoms. The minimum Gasteiger partial charge on any atom is -0.311 e. The molecule has 2 fully saturated rings. The van der Waals surface area contributed by atoms with Crippen LogP contribution in [0.15, 0.2) is 17.5 Å². The summed E-state index contributed by atoms with van der Waals surface area (Å²) in [6, 6.07) is 5.22. The molecule has 1 aliphatic carbocycles. The Kier molecular flexibility index (Phi) is 5.03. The van der Waals surface area contributed by atoms with Gasteiger partial charge in [-0.1, -0.05) is 39.2 Å². The van der Waals surface area contributed by atoms with Gasteiger partial charge in [-0.05, 0) is 30.2 Å². The monoisotopic (exact) mass is 306 g/mol. The predicted octanol–water partition coefficient (Wildman–Crippen LogP) is 3.88. The lowest BCUT2D eigenvalue weighted by Gasteiger charge is -2.42. The van der Waals surface area contributed by atoms with Gasteiger partial charge in [0.1, 0.15) is 0 Å². The van der Waals surface area contributed by atoms with E-state index in [4.69, 9.17) is 0 Å². The van der Waals surface area contributed by atoms with E-state index in [1.165, 1.54) is 63.2 Å². The summed E-state index contributed by atoms with van der Waals surface area (Å²) < 4.78 is 0. The van der Waals surface area contributed by atoms with Crippen molar-refractivity contribution in [3.05, 3.63) is 22.4 Å². The Morgan fingerprint density at radius 3 is 2.81 bits per heavy atom. The first-order valence-electron chi connectivity index (χ1n) is 8.65. The van der Waals surface area contributed by atoms with Crippen molar-refractivity contribution < 1.29 is 0 Å². The Bertz CT molecular complexity index is 420. The van der Waals surface area contributed by atoms with Crippen LogP contribution in [0.5, 0.6) is 0 Å². The lowest BCUT2D eigenvalue weighted by molar-refractivity contribution is 0.128. The molecule has 0 bridgehead atoms. The van der Waals surface area contributed by atoms with Gasteiger partial charge in [0.25, 0.3) is 0 Å². The third kappa shape index (κ3) is 3.88. The smallest absolute Gasteiger partial charge is 0.0223 e. The molecule has 3 rings (SSSR count). The lowest BCUT2D eigenvalue weighted by atomic mass is 9.82. The third-order valence-corrected chi connectivity index (χ3v) is 6.55. The fourth-order valence-corrected chi connectivity index (χ4v) is 4.98. The fraction of sp³-hybridized carbons (Fsp3) is 0.778. The second kappa shape index (κ2) is 6.80. The number of nitrogens with one attached hydrogen (secondary N) is 1. The molecular weight excluding hydrogens is 276 g/mol. The summed E-state index contributed by atoms with van der Waals surface area (Å²) in [4.78, 5) is 4.23. The van der Waals surface area contributed by atoms with Crippen molar-refractivity contribution in [2.75, 3.05) is 26.2 Å². The standard InChI is InChI=1S/C18H30N2S/c1-18(2,17-9-6-12-21-17)14-20-11-10-19-16(13-20)15-7-4-3-5-8-15/h6,9,12,15-16,19H,3-5,7-8,10-11,13-14H2,1-2H3. The van der Waals surface area contributed by atoms with Crippen molar-refractivity contribution >= 4 is 11.3 Å². The van der Waals surface area contributed by atoms with Gasteiger partial charge in [-0.15, -0.1) is 11.3 Å². The third-order valence-electron chi connectivity index (χ3n) is 5.32. The summed E-state index contributed by atoms with van der Waals surface area (Å²) in [5.74, 6) is 0.923. The van der Waals surface area contributed by atoms with Crippen molar-refractivity contribution in [2.24, 2.45) is 5.92 Å². The normalized spacial score (nSPS) is 26.1. The molecule has 1 unspecified atom stereocenters. The average molecular weight is 307 g/mol. The maximum Gasteiger partial charge on any atom is 0.0223 e. The fourth-order valence-electron chi connectivity index (χ4n) is 4.14. The molecule has 0 amide bonds. The van der Waals surface area contributed by atoms with Gasteiger partial charge >= 0.3 is 0 Å². The molecular formula is C18H30N2S. The van der Waals surface area contributed by atoms with Crippen molar-refractivity contribution in [1.29, 1.82) is 0 Å². The molecule has 0 radical (unpaired) electrons. The van der Waals surface area contributed by atoms with Crippen LogP contribution in [0, 0.1) is 5.92 Å². The summed E-state index contributed by atoms with van der Waals surface area (Å²) in [6.45, 7) is 9.62. The molecule has 2 nitrogen and oxygen atoms in total. The number of hydrogen-bond donors (Lipinski definition) is 1. The molecule has 118 valence electrons. The Balaban J connectivity index is 1.58. The van der Waals surface area contributed by atoms with Gasteiger partial charge in [0.05, 0.1) is 0 Å². The maximum absolute atomic E-state index is 3.80. The highest BCUT2D eigenvalue weighted by molar-refractivity contribution is 7.10. The van der Waals surface area contributed by atoms with E-state index >= 15 is 0 Å². The number of thiophene rings is 1. The largest absolute Gasteiger partial charge is 0.311 e. The number of nitrogens with zero attached hydrogens (tertiary/aromatic N) is 1. The van der Waals surface area contributed by atoms with Gasteiger partial charge in [0.2, 0.25) is 0 Å². The van der Waals surface area contributed by atoms with Crippen LogP contribution >= 0.6 is 11.3 Å². The molecule has 3 heteroatoms. The molecule has 2 heterocycles. The second-order valence-electron chi connectivity index (χ2n) is 7.56.